The van der Waals surface area contributed by atoms with Gasteiger partial charge in [-0.05, 0) is 44.0 Å². The molecular formula is C13H17NO3. The van der Waals surface area contributed by atoms with Crippen LogP contribution in [0.2, 0.25) is 0 Å². The van der Waals surface area contributed by atoms with Crippen molar-refractivity contribution in [2.24, 2.45) is 0 Å². The predicted octanol–water partition coefficient (Wildman–Crippen LogP) is 2.21. The van der Waals surface area contributed by atoms with E-state index >= 15 is 0 Å². The highest BCUT2D eigenvalue weighted by molar-refractivity contribution is 5.88. The molecule has 1 atom stereocenters. The van der Waals surface area contributed by atoms with Crippen molar-refractivity contribution in [1.82, 2.24) is 5.32 Å². The van der Waals surface area contributed by atoms with Crippen molar-refractivity contribution in [3.8, 4) is 5.75 Å². The van der Waals surface area contributed by atoms with Crippen LogP contribution in [0.15, 0.2) is 12.1 Å². The summed E-state index contributed by atoms with van der Waals surface area (Å²) < 4.78 is 0. The molecule has 1 aliphatic rings. The minimum absolute atomic E-state index is 0.0711. The molecule has 0 radical (unpaired) electrons. The first-order valence-electron chi connectivity index (χ1n) is 5.90. The van der Waals surface area contributed by atoms with Crippen LogP contribution >= 0.6 is 0 Å². The zero-order valence-corrected chi connectivity index (χ0v) is 9.86. The van der Waals surface area contributed by atoms with Crippen LogP contribution in [0.3, 0.4) is 0 Å². The van der Waals surface area contributed by atoms with Gasteiger partial charge in [-0.3, -0.25) is 0 Å². The van der Waals surface area contributed by atoms with Crippen molar-refractivity contribution >= 4 is 5.97 Å². The molecule has 1 fully saturated rings. The lowest BCUT2D eigenvalue weighted by atomic mass is 9.93. The van der Waals surface area contributed by atoms with Crippen LogP contribution in [0.1, 0.15) is 46.8 Å². The molecule has 4 heteroatoms. The number of aromatic hydroxyl groups is 1. The number of rotatable bonds is 2. The third-order valence-corrected chi connectivity index (χ3v) is 3.26. The monoisotopic (exact) mass is 235 g/mol. The van der Waals surface area contributed by atoms with Gasteiger partial charge in [-0.25, -0.2) is 4.79 Å². The molecule has 17 heavy (non-hydrogen) atoms. The number of nitrogens with one attached hydrogen (secondary N) is 1. The van der Waals surface area contributed by atoms with Crippen LogP contribution in [0.5, 0.6) is 5.75 Å². The molecule has 1 aliphatic heterocycles. The summed E-state index contributed by atoms with van der Waals surface area (Å²) in [6.45, 7) is 2.65. The van der Waals surface area contributed by atoms with Crippen LogP contribution in [-0.2, 0) is 0 Å². The van der Waals surface area contributed by atoms with E-state index in [0.717, 1.165) is 25.8 Å². The zero-order valence-electron chi connectivity index (χ0n) is 9.86. The van der Waals surface area contributed by atoms with Crippen molar-refractivity contribution in [2.45, 2.75) is 32.2 Å². The van der Waals surface area contributed by atoms with Gasteiger partial charge in [0.15, 0.2) is 0 Å². The second-order valence-electron chi connectivity index (χ2n) is 4.54. The first kappa shape index (κ1) is 11.9. The highest BCUT2D eigenvalue weighted by Crippen LogP contribution is 2.33. The summed E-state index contributed by atoms with van der Waals surface area (Å²) >= 11 is 0. The average molecular weight is 235 g/mol. The van der Waals surface area contributed by atoms with E-state index < -0.39 is 5.97 Å². The summed E-state index contributed by atoms with van der Waals surface area (Å²) in [6.07, 6.45) is 3.18. The fraction of sp³-hybridized carbons (Fsp3) is 0.462. The van der Waals surface area contributed by atoms with Gasteiger partial charge in [-0.1, -0.05) is 6.42 Å². The first-order valence-corrected chi connectivity index (χ1v) is 5.90. The zero-order chi connectivity index (χ0) is 12.4. The molecule has 0 aromatic heterocycles. The second kappa shape index (κ2) is 4.75. The van der Waals surface area contributed by atoms with Gasteiger partial charge < -0.3 is 15.5 Å². The standard InChI is InChI=1S/C13H17NO3/c1-8-6-9(13(16)17)7-10(12(8)15)11-4-2-3-5-14-11/h6-7,11,14-15H,2-5H2,1H3,(H,16,17)/t11-/m0/s1. The molecule has 1 saturated heterocycles. The minimum Gasteiger partial charge on any atom is -0.507 e. The maximum atomic E-state index is 11.0. The summed E-state index contributed by atoms with van der Waals surface area (Å²) in [7, 11) is 0. The normalized spacial score (nSPS) is 20.2. The van der Waals surface area contributed by atoms with Gasteiger partial charge in [0.2, 0.25) is 0 Å². The summed E-state index contributed by atoms with van der Waals surface area (Å²) in [5, 5.41) is 22.4. The van der Waals surface area contributed by atoms with E-state index in [1.165, 1.54) is 6.07 Å². The van der Waals surface area contributed by atoms with Crippen LogP contribution in [0, 0.1) is 6.92 Å². The van der Waals surface area contributed by atoms with E-state index in [9.17, 15) is 9.90 Å². The molecule has 0 bridgehead atoms. The van der Waals surface area contributed by atoms with Crippen molar-refractivity contribution in [1.29, 1.82) is 0 Å². The van der Waals surface area contributed by atoms with E-state index in [4.69, 9.17) is 5.11 Å². The van der Waals surface area contributed by atoms with Crippen LogP contribution in [0.25, 0.3) is 0 Å². The van der Waals surface area contributed by atoms with Crippen molar-refractivity contribution in [2.75, 3.05) is 6.54 Å². The summed E-state index contributed by atoms with van der Waals surface area (Å²) in [6, 6.07) is 3.15. The Balaban J connectivity index is 2.40. The van der Waals surface area contributed by atoms with E-state index in [1.54, 1.807) is 13.0 Å². The Bertz CT molecular complexity index is 437. The Kier molecular flexibility index (Phi) is 3.33. The topological polar surface area (TPSA) is 69.6 Å². The number of piperidine rings is 1. The minimum atomic E-state index is -0.954. The number of benzene rings is 1. The number of carboxylic acids is 1. The number of phenolic OH excluding ortho intramolecular Hbond substituents is 1. The number of phenols is 1. The Labute approximate surface area is 100 Å². The van der Waals surface area contributed by atoms with Gasteiger partial charge in [0.1, 0.15) is 5.75 Å². The van der Waals surface area contributed by atoms with Crippen molar-refractivity contribution in [3.05, 3.63) is 28.8 Å². The van der Waals surface area contributed by atoms with Crippen LogP contribution in [-0.4, -0.2) is 22.7 Å². The third-order valence-electron chi connectivity index (χ3n) is 3.26. The predicted molar refractivity (Wildman–Crippen MR) is 64.4 cm³/mol. The summed E-state index contributed by atoms with van der Waals surface area (Å²) in [5.41, 5.74) is 1.57. The number of hydrogen-bond donors (Lipinski definition) is 3. The van der Waals surface area contributed by atoms with Gasteiger partial charge in [0.25, 0.3) is 0 Å². The molecule has 0 spiro atoms. The number of aryl methyl sites for hydroxylation is 1. The lowest BCUT2D eigenvalue weighted by Gasteiger charge is -2.25. The molecular weight excluding hydrogens is 218 g/mol. The fourth-order valence-electron chi connectivity index (χ4n) is 2.31. The third kappa shape index (κ3) is 2.42. The highest BCUT2D eigenvalue weighted by Gasteiger charge is 2.20. The molecule has 3 N–H and O–H groups in total. The first-order chi connectivity index (χ1) is 8.09. The molecule has 0 saturated carbocycles. The molecule has 2 rings (SSSR count). The number of carbonyl (C=O) groups is 1. The fourth-order valence-corrected chi connectivity index (χ4v) is 2.31. The molecule has 1 aromatic carbocycles. The van der Waals surface area contributed by atoms with Gasteiger partial charge in [-0.15, -0.1) is 0 Å². The van der Waals surface area contributed by atoms with Crippen molar-refractivity contribution in [3.63, 3.8) is 0 Å². The number of aromatic carboxylic acids is 1. The Morgan fingerprint density at radius 2 is 2.18 bits per heavy atom. The van der Waals surface area contributed by atoms with Crippen molar-refractivity contribution < 1.29 is 15.0 Å². The molecule has 1 heterocycles. The lowest BCUT2D eigenvalue weighted by molar-refractivity contribution is 0.0696. The number of carboxylic acid groups (broad SMARTS) is 1. The van der Waals surface area contributed by atoms with Crippen LogP contribution < -0.4 is 5.32 Å². The maximum absolute atomic E-state index is 11.0. The van der Waals surface area contributed by atoms with E-state index in [1.807, 2.05) is 0 Å². The molecule has 4 nitrogen and oxygen atoms in total. The lowest BCUT2D eigenvalue weighted by Crippen LogP contribution is -2.27. The highest BCUT2D eigenvalue weighted by atomic mass is 16.4. The Morgan fingerprint density at radius 3 is 2.76 bits per heavy atom. The van der Waals surface area contributed by atoms with Gasteiger partial charge >= 0.3 is 5.97 Å². The van der Waals surface area contributed by atoms with Crippen LogP contribution in [0.4, 0.5) is 0 Å². The molecule has 0 unspecified atom stereocenters. The molecule has 0 aliphatic carbocycles. The van der Waals surface area contributed by atoms with E-state index in [2.05, 4.69) is 5.32 Å². The summed E-state index contributed by atoms with van der Waals surface area (Å²) in [5.74, 6) is -0.737. The van der Waals surface area contributed by atoms with Gasteiger partial charge in [-0.2, -0.15) is 0 Å². The Morgan fingerprint density at radius 1 is 1.41 bits per heavy atom. The molecule has 92 valence electrons. The molecule has 0 amide bonds. The smallest absolute Gasteiger partial charge is 0.335 e. The number of hydrogen-bond acceptors (Lipinski definition) is 3. The van der Waals surface area contributed by atoms with Gasteiger partial charge in [0, 0.05) is 11.6 Å². The summed E-state index contributed by atoms with van der Waals surface area (Å²) in [4.78, 5) is 11.0. The quantitative estimate of drug-likeness (QED) is 0.735. The largest absolute Gasteiger partial charge is 0.507 e. The van der Waals surface area contributed by atoms with Gasteiger partial charge in [0.05, 0.1) is 5.56 Å². The maximum Gasteiger partial charge on any atom is 0.335 e. The SMILES string of the molecule is Cc1cc(C(=O)O)cc([C@@H]2CCCCN2)c1O. The van der Waals surface area contributed by atoms with E-state index in [-0.39, 0.29) is 17.4 Å². The average Bonchev–Trinajstić information content (AvgIpc) is 2.33. The molecule has 1 aromatic rings. The van der Waals surface area contributed by atoms with E-state index in [0.29, 0.717) is 11.1 Å². The second-order valence-corrected chi connectivity index (χ2v) is 4.54. The Hall–Kier alpha value is -1.55.